The van der Waals surface area contributed by atoms with Gasteiger partial charge in [-0.3, -0.25) is 4.79 Å². The molecule has 1 aliphatic heterocycles. The molecular weight excluding hydrogens is 188 g/mol. The molecule has 15 heavy (non-hydrogen) atoms. The molecule has 2 atom stereocenters. The van der Waals surface area contributed by atoms with Gasteiger partial charge in [0.2, 0.25) is 0 Å². The van der Waals surface area contributed by atoms with E-state index in [1.54, 1.807) is 0 Å². The second-order valence-corrected chi connectivity index (χ2v) is 4.51. The summed E-state index contributed by atoms with van der Waals surface area (Å²) in [5.74, 6) is 0.905. The van der Waals surface area contributed by atoms with Crippen LogP contribution in [0.2, 0.25) is 0 Å². The van der Waals surface area contributed by atoms with Gasteiger partial charge < -0.3 is 4.90 Å². The first-order valence-electron chi connectivity index (χ1n) is 5.50. The molecule has 1 saturated carbocycles. The molecule has 78 valence electrons. The van der Waals surface area contributed by atoms with Crippen LogP contribution < -0.4 is 0 Å². The van der Waals surface area contributed by atoms with Crippen molar-refractivity contribution in [2.45, 2.75) is 25.8 Å². The summed E-state index contributed by atoms with van der Waals surface area (Å²) in [5, 5.41) is 0. The average Bonchev–Trinajstić information content (AvgIpc) is 2.90. The van der Waals surface area contributed by atoms with Crippen LogP contribution in [0.25, 0.3) is 0 Å². The van der Waals surface area contributed by atoms with Crippen LogP contribution in [0.15, 0.2) is 18.2 Å². The number of hydrogen-bond acceptors (Lipinski definition) is 2. The van der Waals surface area contributed by atoms with Gasteiger partial charge in [-0.2, -0.15) is 0 Å². The Hall–Kier alpha value is -1.38. The number of likely N-dealkylation sites (tertiary alicyclic amines) is 1. The number of rotatable bonds is 1. The van der Waals surface area contributed by atoms with E-state index in [0.29, 0.717) is 11.7 Å². The van der Waals surface area contributed by atoms with Gasteiger partial charge in [0.25, 0.3) is 5.91 Å². The lowest BCUT2D eigenvalue weighted by Crippen LogP contribution is -2.31. The van der Waals surface area contributed by atoms with Crippen molar-refractivity contribution in [3.8, 4) is 0 Å². The van der Waals surface area contributed by atoms with Crippen LogP contribution >= 0.6 is 0 Å². The number of aryl methyl sites for hydroxylation is 1. The minimum absolute atomic E-state index is 0.115. The summed E-state index contributed by atoms with van der Waals surface area (Å²) in [7, 11) is 0. The lowest BCUT2D eigenvalue weighted by Gasteiger charge is -2.17. The van der Waals surface area contributed by atoms with Crippen LogP contribution in [-0.2, 0) is 0 Å². The highest BCUT2D eigenvalue weighted by Crippen LogP contribution is 2.44. The zero-order chi connectivity index (χ0) is 10.4. The molecule has 2 heterocycles. The molecule has 1 aliphatic carbocycles. The zero-order valence-electron chi connectivity index (χ0n) is 8.81. The maximum atomic E-state index is 12.1. The van der Waals surface area contributed by atoms with E-state index in [2.05, 4.69) is 4.98 Å². The van der Waals surface area contributed by atoms with Crippen molar-refractivity contribution >= 4 is 5.91 Å². The number of pyridine rings is 1. The van der Waals surface area contributed by atoms with Gasteiger partial charge in [0.1, 0.15) is 5.69 Å². The zero-order valence-corrected chi connectivity index (χ0v) is 8.81. The molecular formula is C12H14N2O. The number of carbonyl (C=O) groups excluding carboxylic acids is 1. The SMILES string of the molecule is Cc1cccc(C(=O)N2CCC3CC32)n1. The molecule has 1 saturated heterocycles. The Morgan fingerprint density at radius 2 is 2.40 bits per heavy atom. The molecule has 0 radical (unpaired) electrons. The lowest BCUT2D eigenvalue weighted by atomic mass is 10.3. The Bertz CT molecular complexity index is 416. The summed E-state index contributed by atoms with van der Waals surface area (Å²) in [6.07, 6.45) is 2.39. The average molecular weight is 202 g/mol. The minimum Gasteiger partial charge on any atom is -0.334 e. The van der Waals surface area contributed by atoms with E-state index in [9.17, 15) is 4.79 Å². The molecule has 3 nitrogen and oxygen atoms in total. The molecule has 2 fully saturated rings. The van der Waals surface area contributed by atoms with Crippen molar-refractivity contribution in [2.24, 2.45) is 5.92 Å². The Morgan fingerprint density at radius 3 is 3.00 bits per heavy atom. The van der Waals surface area contributed by atoms with Gasteiger partial charge in [0, 0.05) is 18.3 Å². The van der Waals surface area contributed by atoms with E-state index in [1.165, 1.54) is 12.8 Å². The van der Waals surface area contributed by atoms with Crippen molar-refractivity contribution in [2.75, 3.05) is 6.54 Å². The fourth-order valence-corrected chi connectivity index (χ4v) is 2.46. The normalized spacial score (nSPS) is 27.7. The third-order valence-electron chi connectivity index (χ3n) is 3.39. The minimum atomic E-state index is 0.115. The fourth-order valence-electron chi connectivity index (χ4n) is 2.46. The van der Waals surface area contributed by atoms with Gasteiger partial charge in [-0.15, -0.1) is 0 Å². The second-order valence-electron chi connectivity index (χ2n) is 4.51. The van der Waals surface area contributed by atoms with E-state index < -0.39 is 0 Å². The highest BCUT2D eigenvalue weighted by molar-refractivity contribution is 5.93. The third kappa shape index (κ3) is 1.42. The van der Waals surface area contributed by atoms with E-state index in [-0.39, 0.29) is 5.91 Å². The second kappa shape index (κ2) is 3.05. The number of carbonyl (C=O) groups is 1. The number of nitrogens with zero attached hydrogens (tertiary/aromatic N) is 2. The monoisotopic (exact) mass is 202 g/mol. The summed E-state index contributed by atoms with van der Waals surface area (Å²) in [5.41, 5.74) is 1.51. The van der Waals surface area contributed by atoms with Crippen molar-refractivity contribution in [1.82, 2.24) is 9.88 Å². The molecule has 0 N–H and O–H groups in total. The van der Waals surface area contributed by atoms with Crippen molar-refractivity contribution in [1.29, 1.82) is 0 Å². The standard InChI is InChI=1S/C12H14N2O/c1-8-3-2-4-10(13-8)12(15)14-6-5-9-7-11(9)14/h2-4,9,11H,5-7H2,1H3. The van der Waals surface area contributed by atoms with Crippen LogP contribution in [0.5, 0.6) is 0 Å². The van der Waals surface area contributed by atoms with Gasteiger partial charge in [-0.05, 0) is 37.8 Å². The maximum Gasteiger partial charge on any atom is 0.272 e. The lowest BCUT2D eigenvalue weighted by molar-refractivity contribution is 0.0762. The summed E-state index contributed by atoms with van der Waals surface area (Å²) < 4.78 is 0. The molecule has 1 aromatic rings. The summed E-state index contributed by atoms with van der Waals surface area (Å²) >= 11 is 0. The quantitative estimate of drug-likeness (QED) is 0.693. The van der Waals surface area contributed by atoms with Crippen LogP contribution in [-0.4, -0.2) is 28.4 Å². The molecule has 1 aromatic heterocycles. The van der Waals surface area contributed by atoms with Crippen molar-refractivity contribution in [3.05, 3.63) is 29.6 Å². The maximum absolute atomic E-state index is 12.1. The Labute approximate surface area is 89.1 Å². The molecule has 3 heteroatoms. The smallest absolute Gasteiger partial charge is 0.272 e. The van der Waals surface area contributed by atoms with Gasteiger partial charge in [0.05, 0.1) is 0 Å². The molecule has 0 spiro atoms. The Kier molecular flexibility index (Phi) is 1.81. The molecule has 0 bridgehead atoms. The first-order chi connectivity index (χ1) is 7.25. The molecule has 1 amide bonds. The van der Waals surface area contributed by atoms with Crippen molar-refractivity contribution < 1.29 is 4.79 Å². The topological polar surface area (TPSA) is 33.2 Å². The first kappa shape index (κ1) is 8.89. The Balaban J connectivity index is 1.84. The third-order valence-corrected chi connectivity index (χ3v) is 3.39. The first-order valence-corrected chi connectivity index (χ1v) is 5.50. The molecule has 3 rings (SSSR count). The van der Waals surface area contributed by atoms with Gasteiger partial charge in [-0.25, -0.2) is 4.98 Å². The summed E-state index contributed by atoms with van der Waals surface area (Å²) in [6, 6.07) is 6.15. The van der Waals surface area contributed by atoms with E-state index >= 15 is 0 Å². The predicted octanol–water partition coefficient (Wildman–Crippen LogP) is 1.62. The predicted molar refractivity (Wildman–Crippen MR) is 56.5 cm³/mol. The number of fused-ring (bicyclic) bond motifs is 1. The molecule has 2 unspecified atom stereocenters. The van der Waals surface area contributed by atoms with Gasteiger partial charge >= 0.3 is 0 Å². The van der Waals surface area contributed by atoms with Gasteiger partial charge in [0.15, 0.2) is 0 Å². The van der Waals surface area contributed by atoms with Crippen molar-refractivity contribution in [3.63, 3.8) is 0 Å². The highest BCUT2D eigenvalue weighted by Gasteiger charge is 2.49. The number of aromatic nitrogens is 1. The van der Waals surface area contributed by atoms with Crippen LogP contribution in [0.3, 0.4) is 0 Å². The van der Waals surface area contributed by atoms with Crippen LogP contribution in [0, 0.1) is 12.8 Å². The largest absolute Gasteiger partial charge is 0.334 e. The number of amides is 1. The Morgan fingerprint density at radius 1 is 1.53 bits per heavy atom. The van der Waals surface area contributed by atoms with Crippen LogP contribution in [0.1, 0.15) is 29.0 Å². The van der Waals surface area contributed by atoms with E-state index in [0.717, 1.165) is 18.2 Å². The molecule has 0 aromatic carbocycles. The summed E-state index contributed by atoms with van der Waals surface area (Å²) in [4.78, 5) is 18.4. The summed E-state index contributed by atoms with van der Waals surface area (Å²) in [6.45, 7) is 2.84. The number of piperidine rings is 1. The van der Waals surface area contributed by atoms with Gasteiger partial charge in [-0.1, -0.05) is 6.07 Å². The fraction of sp³-hybridized carbons (Fsp3) is 0.500. The number of hydrogen-bond donors (Lipinski definition) is 0. The van der Waals surface area contributed by atoms with Crippen LogP contribution in [0.4, 0.5) is 0 Å². The van der Waals surface area contributed by atoms with E-state index in [4.69, 9.17) is 0 Å². The highest BCUT2D eigenvalue weighted by atomic mass is 16.2. The molecule has 2 aliphatic rings. The van der Waals surface area contributed by atoms with E-state index in [1.807, 2.05) is 30.0 Å².